The van der Waals surface area contributed by atoms with Gasteiger partial charge in [0.15, 0.2) is 0 Å². The third kappa shape index (κ3) is 4.36. The number of carbonyl (C=O) groups is 1. The number of carbonyl (C=O) groups excluding carboxylic acids is 1. The van der Waals surface area contributed by atoms with Gasteiger partial charge in [0, 0.05) is 25.5 Å². The minimum Gasteiger partial charge on any atom is -0.387 e. The highest BCUT2D eigenvalue weighted by molar-refractivity contribution is 5.73. The molecule has 2 rings (SSSR count). The van der Waals surface area contributed by atoms with E-state index in [0.717, 1.165) is 22.4 Å². The van der Waals surface area contributed by atoms with Gasteiger partial charge in [-0.3, -0.25) is 0 Å². The van der Waals surface area contributed by atoms with E-state index in [4.69, 9.17) is 0 Å². The second-order valence-corrected chi connectivity index (χ2v) is 5.61. The summed E-state index contributed by atoms with van der Waals surface area (Å²) in [4.78, 5) is 11.8. The number of hydrogen-bond acceptors (Lipinski definition) is 2. The molecule has 5 nitrogen and oxygen atoms in total. The zero-order valence-corrected chi connectivity index (χ0v) is 13.3. The van der Waals surface area contributed by atoms with Gasteiger partial charge in [-0.15, -0.1) is 0 Å². The van der Waals surface area contributed by atoms with Crippen molar-refractivity contribution in [1.82, 2.24) is 15.2 Å². The Morgan fingerprint density at radius 1 is 1.23 bits per heavy atom. The maximum absolute atomic E-state index is 11.8. The fraction of sp³-hybridized carbons (Fsp3) is 0.353. The zero-order chi connectivity index (χ0) is 16.1. The van der Waals surface area contributed by atoms with Crippen LogP contribution in [0.2, 0.25) is 0 Å². The van der Waals surface area contributed by atoms with Crippen molar-refractivity contribution in [3.63, 3.8) is 0 Å². The van der Waals surface area contributed by atoms with Crippen LogP contribution in [0, 0.1) is 13.8 Å². The van der Waals surface area contributed by atoms with Crippen molar-refractivity contribution in [1.29, 1.82) is 0 Å². The molecule has 1 heterocycles. The Balaban J connectivity index is 1.81. The van der Waals surface area contributed by atoms with E-state index in [1.165, 1.54) is 0 Å². The molecule has 0 fully saturated rings. The molecule has 0 saturated heterocycles. The van der Waals surface area contributed by atoms with E-state index in [1.807, 2.05) is 55.9 Å². The smallest absolute Gasteiger partial charge is 0.315 e. The van der Waals surface area contributed by atoms with Gasteiger partial charge in [0.2, 0.25) is 0 Å². The monoisotopic (exact) mass is 301 g/mol. The molecule has 1 aromatic heterocycles. The lowest BCUT2D eigenvalue weighted by Crippen LogP contribution is -2.37. The molecule has 1 aromatic carbocycles. The maximum Gasteiger partial charge on any atom is 0.315 e. The van der Waals surface area contributed by atoms with Gasteiger partial charge in [0.1, 0.15) is 0 Å². The molecule has 0 saturated carbocycles. The summed E-state index contributed by atoms with van der Waals surface area (Å²) in [5, 5.41) is 15.6. The molecule has 0 spiro atoms. The summed E-state index contributed by atoms with van der Waals surface area (Å²) in [6.07, 6.45) is 1.22. The van der Waals surface area contributed by atoms with Crippen molar-refractivity contribution in [3.8, 4) is 0 Å². The van der Waals surface area contributed by atoms with E-state index in [9.17, 15) is 9.90 Å². The van der Waals surface area contributed by atoms with Crippen LogP contribution >= 0.6 is 0 Å². The zero-order valence-electron chi connectivity index (χ0n) is 13.3. The predicted molar refractivity (Wildman–Crippen MR) is 86.5 cm³/mol. The minimum absolute atomic E-state index is 0.182. The molecule has 0 unspecified atom stereocenters. The Bertz CT molecular complexity index is 629. The summed E-state index contributed by atoms with van der Waals surface area (Å²) >= 11 is 0. The fourth-order valence-electron chi connectivity index (χ4n) is 2.42. The van der Waals surface area contributed by atoms with Crippen molar-refractivity contribution in [2.45, 2.75) is 26.5 Å². The quantitative estimate of drug-likeness (QED) is 0.792. The van der Waals surface area contributed by atoms with E-state index >= 15 is 0 Å². The number of aromatic nitrogens is 1. The van der Waals surface area contributed by atoms with Crippen LogP contribution in [-0.4, -0.2) is 22.2 Å². The number of nitrogens with zero attached hydrogens (tertiary/aromatic N) is 1. The number of amides is 2. The highest BCUT2D eigenvalue weighted by Crippen LogP contribution is 2.16. The largest absolute Gasteiger partial charge is 0.387 e. The summed E-state index contributed by atoms with van der Waals surface area (Å²) in [6.45, 7) is 4.61. The van der Waals surface area contributed by atoms with Crippen LogP contribution in [0.5, 0.6) is 0 Å². The molecule has 0 radical (unpaired) electrons. The second-order valence-electron chi connectivity index (χ2n) is 5.61. The van der Waals surface area contributed by atoms with Gasteiger partial charge < -0.3 is 20.3 Å². The van der Waals surface area contributed by atoms with Gasteiger partial charge in [-0.25, -0.2) is 4.79 Å². The highest BCUT2D eigenvalue weighted by atomic mass is 16.3. The number of benzene rings is 1. The van der Waals surface area contributed by atoms with E-state index in [-0.39, 0.29) is 12.6 Å². The normalized spacial score (nSPS) is 12.0. The molecule has 3 N–H and O–H groups in total. The summed E-state index contributed by atoms with van der Waals surface area (Å²) in [5.74, 6) is 0. The van der Waals surface area contributed by atoms with Crippen molar-refractivity contribution < 1.29 is 9.90 Å². The Morgan fingerprint density at radius 3 is 2.50 bits per heavy atom. The lowest BCUT2D eigenvalue weighted by Gasteiger charge is -2.14. The molecule has 5 heteroatoms. The van der Waals surface area contributed by atoms with Crippen LogP contribution in [0.15, 0.2) is 36.5 Å². The number of hydrogen-bond donors (Lipinski definition) is 3. The van der Waals surface area contributed by atoms with Crippen molar-refractivity contribution in [3.05, 3.63) is 58.9 Å². The van der Waals surface area contributed by atoms with E-state index in [1.54, 1.807) is 0 Å². The lowest BCUT2D eigenvalue weighted by atomic mass is 10.0. The van der Waals surface area contributed by atoms with Crippen LogP contribution in [0.25, 0.3) is 0 Å². The standard InChI is InChI=1S/C17H23N3O2/c1-12-7-13(2)9-14(8-12)16(21)11-19-17(22)18-10-15-5-4-6-20(15)3/h4-9,16,21H,10-11H2,1-3H3,(H2,18,19,22)/t16-/m1/s1. The topological polar surface area (TPSA) is 66.3 Å². The average molecular weight is 301 g/mol. The SMILES string of the molecule is Cc1cc(C)cc([C@H](O)CNC(=O)NCc2cccn2C)c1. The third-order valence-corrected chi connectivity index (χ3v) is 3.57. The van der Waals surface area contributed by atoms with Gasteiger partial charge >= 0.3 is 6.03 Å². The van der Waals surface area contributed by atoms with Gasteiger partial charge in [0.05, 0.1) is 12.6 Å². The molecular weight excluding hydrogens is 278 g/mol. The first-order valence-electron chi connectivity index (χ1n) is 7.34. The first kappa shape index (κ1) is 16.1. The fourth-order valence-corrected chi connectivity index (χ4v) is 2.42. The number of aliphatic hydroxyl groups excluding tert-OH is 1. The maximum atomic E-state index is 11.8. The molecule has 0 aliphatic heterocycles. The molecule has 22 heavy (non-hydrogen) atoms. The summed E-state index contributed by atoms with van der Waals surface area (Å²) < 4.78 is 1.95. The molecular formula is C17H23N3O2. The Kier molecular flexibility index (Phi) is 5.22. The molecule has 0 aliphatic rings. The number of aryl methyl sites for hydroxylation is 3. The second kappa shape index (κ2) is 7.13. The number of rotatable bonds is 5. The molecule has 2 aromatic rings. The highest BCUT2D eigenvalue weighted by Gasteiger charge is 2.10. The predicted octanol–water partition coefficient (Wildman–Crippen LogP) is 2.17. The Morgan fingerprint density at radius 2 is 1.91 bits per heavy atom. The van der Waals surface area contributed by atoms with Crippen molar-refractivity contribution in [2.75, 3.05) is 6.54 Å². The molecule has 118 valence electrons. The van der Waals surface area contributed by atoms with Crippen LogP contribution < -0.4 is 10.6 Å². The molecule has 2 amide bonds. The van der Waals surface area contributed by atoms with Crippen LogP contribution in [-0.2, 0) is 13.6 Å². The van der Waals surface area contributed by atoms with Gasteiger partial charge in [0.25, 0.3) is 0 Å². The van der Waals surface area contributed by atoms with E-state index < -0.39 is 6.10 Å². The minimum atomic E-state index is -0.709. The van der Waals surface area contributed by atoms with Gasteiger partial charge in [-0.1, -0.05) is 29.3 Å². The summed E-state index contributed by atoms with van der Waals surface area (Å²) in [5.41, 5.74) is 4.04. The third-order valence-electron chi connectivity index (χ3n) is 3.57. The lowest BCUT2D eigenvalue weighted by molar-refractivity contribution is 0.173. The first-order valence-corrected chi connectivity index (χ1v) is 7.34. The van der Waals surface area contributed by atoms with E-state index in [0.29, 0.717) is 6.54 Å². The molecule has 0 bridgehead atoms. The average Bonchev–Trinajstić information content (AvgIpc) is 2.86. The van der Waals surface area contributed by atoms with Crippen LogP contribution in [0.1, 0.15) is 28.5 Å². The number of urea groups is 1. The van der Waals surface area contributed by atoms with E-state index in [2.05, 4.69) is 16.7 Å². The Labute approximate surface area is 131 Å². The van der Waals surface area contributed by atoms with Crippen LogP contribution in [0.3, 0.4) is 0 Å². The molecule has 1 atom stereocenters. The summed E-state index contributed by atoms with van der Waals surface area (Å²) in [6, 6.07) is 9.51. The van der Waals surface area contributed by atoms with Gasteiger partial charge in [-0.2, -0.15) is 0 Å². The van der Waals surface area contributed by atoms with Crippen LogP contribution in [0.4, 0.5) is 4.79 Å². The van der Waals surface area contributed by atoms with Gasteiger partial charge in [-0.05, 0) is 31.5 Å². The number of nitrogens with one attached hydrogen (secondary N) is 2. The summed E-state index contributed by atoms with van der Waals surface area (Å²) in [7, 11) is 1.93. The Hall–Kier alpha value is -2.27. The number of aliphatic hydroxyl groups is 1. The van der Waals surface area contributed by atoms with Crippen molar-refractivity contribution in [2.24, 2.45) is 7.05 Å². The van der Waals surface area contributed by atoms with Crippen molar-refractivity contribution >= 4 is 6.03 Å². The molecule has 0 aliphatic carbocycles. The first-order chi connectivity index (χ1) is 10.5.